The predicted molar refractivity (Wildman–Crippen MR) is 57.0 cm³/mol. The summed E-state index contributed by atoms with van der Waals surface area (Å²) >= 11 is 0. The molecule has 0 aromatic rings. The molecule has 1 rings (SSSR count). The molecule has 0 atom stereocenters. The van der Waals surface area contributed by atoms with E-state index in [0.717, 1.165) is 12.3 Å². The first kappa shape index (κ1) is 11.3. The summed E-state index contributed by atoms with van der Waals surface area (Å²) in [7, 11) is 0. The first-order valence-electron chi connectivity index (χ1n) is 5.57. The van der Waals surface area contributed by atoms with Crippen LogP contribution in [0.3, 0.4) is 0 Å². The SMILES string of the molecule is CC(=O)OCC=CCC1CCCCC1. The van der Waals surface area contributed by atoms with Crippen molar-refractivity contribution in [2.45, 2.75) is 45.4 Å². The number of esters is 1. The molecular formula is C12H20O2. The van der Waals surface area contributed by atoms with Crippen molar-refractivity contribution in [3.8, 4) is 0 Å². The van der Waals surface area contributed by atoms with Gasteiger partial charge in [0.25, 0.3) is 0 Å². The van der Waals surface area contributed by atoms with E-state index in [0.29, 0.717) is 6.61 Å². The largest absolute Gasteiger partial charge is 0.462 e. The fourth-order valence-corrected chi connectivity index (χ4v) is 1.95. The minimum Gasteiger partial charge on any atom is -0.462 e. The van der Waals surface area contributed by atoms with Crippen molar-refractivity contribution in [2.75, 3.05) is 6.61 Å². The second-order valence-electron chi connectivity index (χ2n) is 4.01. The molecule has 0 amide bonds. The molecule has 80 valence electrons. The zero-order chi connectivity index (χ0) is 10.2. The predicted octanol–water partition coefficient (Wildman–Crippen LogP) is 3.08. The Balaban J connectivity index is 2.03. The summed E-state index contributed by atoms with van der Waals surface area (Å²) < 4.78 is 4.81. The summed E-state index contributed by atoms with van der Waals surface area (Å²) in [4.78, 5) is 10.5. The van der Waals surface area contributed by atoms with E-state index in [9.17, 15) is 4.79 Å². The lowest BCUT2D eigenvalue weighted by Gasteiger charge is -2.19. The molecule has 14 heavy (non-hydrogen) atoms. The highest BCUT2D eigenvalue weighted by atomic mass is 16.5. The lowest BCUT2D eigenvalue weighted by atomic mass is 9.87. The van der Waals surface area contributed by atoms with Gasteiger partial charge >= 0.3 is 5.97 Å². The molecule has 1 aliphatic rings. The Morgan fingerprint density at radius 1 is 1.29 bits per heavy atom. The maximum absolute atomic E-state index is 10.5. The molecule has 0 heterocycles. The highest BCUT2D eigenvalue weighted by Crippen LogP contribution is 2.26. The second-order valence-corrected chi connectivity index (χ2v) is 4.01. The maximum atomic E-state index is 10.5. The Hall–Kier alpha value is -0.790. The van der Waals surface area contributed by atoms with Crippen LogP contribution in [0.4, 0.5) is 0 Å². The van der Waals surface area contributed by atoms with Gasteiger partial charge in [0.15, 0.2) is 0 Å². The van der Waals surface area contributed by atoms with Crippen LogP contribution >= 0.6 is 0 Å². The number of allylic oxidation sites excluding steroid dienone is 1. The van der Waals surface area contributed by atoms with Crippen molar-refractivity contribution in [1.82, 2.24) is 0 Å². The monoisotopic (exact) mass is 196 g/mol. The van der Waals surface area contributed by atoms with Crippen LogP contribution in [0, 0.1) is 5.92 Å². The van der Waals surface area contributed by atoms with E-state index in [4.69, 9.17) is 4.74 Å². The molecule has 0 spiro atoms. The van der Waals surface area contributed by atoms with Crippen LogP contribution in [-0.2, 0) is 9.53 Å². The van der Waals surface area contributed by atoms with Gasteiger partial charge in [-0.05, 0) is 12.3 Å². The third kappa shape index (κ3) is 5.05. The van der Waals surface area contributed by atoms with E-state index in [1.807, 2.05) is 6.08 Å². The van der Waals surface area contributed by atoms with E-state index in [-0.39, 0.29) is 5.97 Å². The first-order chi connectivity index (χ1) is 6.79. The summed E-state index contributed by atoms with van der Waals surface area (Å²) in [6.45, 7) is 1.87. The molecule has 2 heteroatoms. The molecular weight excluding hydrogens is 176 g/mol. The summed E-state index contributed by atoms with van der Waals surface area (Å²) in [5.41, 5.74) is 0. The number of rotatable bonds is 4. The average molecular weight is 196 g/mol. The lowest BCUT2D eigenvalue weighted by molar-refractivity contribution is -0.139. The fourth-order valence-electron chi connectivity index (χ4n) is 1.95. The van der Waals surface area contributed by atoms with Gasteiger partial charge in [-0.2, -0.15) is 0 Å². The molecule has 0 N–H and O–H groups in total. The van der Waals surface area contributed by atoms with Gasteiger partial charge in [0.05, 0.1) is 0 Å². The van der Waals surface area contributed by atoms with Crippen molar-refractivity contribution in [1.29, 1.82) is 0 Å². The molecule has 0 radical (unpaired) electrons. The van der Waals surface area contributed by atoms with Crippen LogP contribution in [0.1, 0.15) is 45.4 Å². The molecule has 1 aliphatic carbocycles. The fraction of sp³-hybridized carbons (Fsp3) is 0.750. The Bertz CT molecular complexity index is 190. The van der Waals surface area contributed by atoms with Gasteiger partial charge in [-0.25, -0.2) is 0 Å². The van der Waals surface area contributed by atoms with E-state index in [1.54, 1.807) is 0 Å². The zero-order valence-corrected chi connectivity index (χ0v) is 9.00. The van der Waals surface area contributed by atoms with Crippen LogP contribution < -0.4 is 0 Å². The van der Waals surface area contributed by atoms with Crippen LogP contribution in [0.15, 0.2) is 12.2 Å². The zero-order valence-electron chi connectivity index (χ0n) is 9.00. The van der Waals surface area contributed by atoms with Crippen LogP contribution in [0.5, 0.6) is 0 Å². The van der Waals surface area contributed by atoms with E-state index < -0.39 is 0 Å². The standard InChI is InChI=1S/C12H20O2/c1-11(13)14-10-6-5-9-12-7-3-2-4-8-12/h5-6,12H,2-4,7-10H2,1H3. The van der Waals surface area contributed by atoms with Gasteiger partial charge in [0.2, 0.25) is 0 Å². The molecule has 0 saturated heterocycles. The quantitative estimate of drug-likeness (QED) is 0.510. The van der Waals surface area contributed by atoms with Gasteiger partial charge in [-0.3, -0.25) is 4.79 Å². The first-order valence-corrected chi connectivity index (χ1v) is 5.57. The van der Waals surface area contributed by atoms with Crippen molar-refractivity contribution in [3.63, 3.8) is 0 Å². The van der Waals surface area contributed by atoms with Crippen molar-refractivity contribution in [2.24, 2.45) is 5.92 Å². The average Bonchev–Trinajstić information content (AvgIpc) is 2.18. The number of hydrogen-bond donors (Lipinski definition) is 0. The molecule has 2 nitrogen and oxygen atoms in total. The van der Waals surface area contributed by atoms with Crippen molar-refractivity contribution < 1.29 is 9.53 Å². The number of hydrogen-bond acceptors (Lipinski definition) is 2. The minimum atomic E-state index is -0.202. The Kier molecular flexibility index (Phi) is 5.35. The van der Waals surface area contributed by atoms with Gasteiger partial charge in [-0.15, -0.1) is 0 Å². The number of ether oxygens (including phenoxy) is 1. The van der Waals surface area contributed by atoms with Crippen LogP contribution in [0.25, 0.3) is 0 Å². The van der Waals surface area contributed by atoms with Crippen LogP contribution in [0.2, 0.25) is 0 Å². The molecule has 1 saturated carbocycles. The van der Waals surface area contributed by atoms with Crippen LogP contribution in [-0.4, -0.2) is 12.6 Å². The highest BCUT2D eigenvalue weighted by molar-refractivity contribution is 5.65. The summed E-state index contributed by atoms with van der Waals surface area (Å²) in [6.07, 6.45) is 12.2. The second kappa shape index (κ2) is 6.63. The van der Waals surface area contributed by atoms with Gasteiger partial charge in [0, 0.05) is 6.92 Å². The number of carbonyl (C=O) groups excluding carboxylic acids is 1. The summed E-state index contributed by atoms with van der Waals surface area (Å²) in [5.74, 6) is 0.671. The normalized spacial score (nSPS) is 18.6. The molecule has 1 fully saturated rings. The Morgan fingerprint density at radius 2 is 2.00 bits per heavy atom. The minimum absolute atomic E-state index is 0.202. The number of carbonyl (C=O) groups is 1. The molecule has 0 unspecified atom stereocenters. The summed E-state index contributed by atoms with van der Waals surface area (Å²) in [6, 6.07) is 0. The molecule has 0 aromatic carbocycles. The van der Waals surface area contributed by atoms with Crippen molar-refractivity contribution in [3.05, 3.63) is 12.2 Å². The smallest absolute Gasteiger partial charge is 0.302 e. The van der Waals surface area contributed by atoms with E-state index in [2.05, 4.69) is 6.08 Å². The van der Waals surface area contributed by atoms with E-state index in [1.165, 1.54) is 39.0 Å². The van der Waals surface area contributed by atoms with Gasteiger partial charge < -0.3 is 4.74 Å². The molecule has 0 bridgehead atoms. The third-order valence-electron chi connectivity index (χ3n) is 2.74. The summed E-state index contributed by atoms with van der Waals surface area (Å²) in [5, 5.41) is 0. The van der Waals surface area contributed by atoms with E-state index >= 15 is 0 Å². The van der Waals surface area contributed by atoms with Crippen molar-refractivity contribution >= 4 is 5.97 Å². The molecule has 0 aliphatic heterocycles. The van der Waals surface area contributed by atoms with Gasteiger partial charge in [0.1, 0.15) is 6.61 Å². The Labute approximate surface area is 86.3 Å². The third-order valence-corrected chi connectivity index (χ3v) is 2.74. The van der Waals surface area contributed by atoms with Gasteiger partial charge in [-0.1, -0.05) is 44.3 Å². The Morgan fingerprint density at radius 3 is 2.64 bits per heavy atom. The molecule has 0 aromatic heterocycles. The topological polar surface area (TPSA) is 26.3 Å². The lowest BCUT2D eigenvalue weighted by Crippen LogP contribution is -2.04. The maximum Gasteiger partial charge on any atom is 0.302 e. The highest BCUT2D eigenvalue weighted by Gasteiger charge is 2.10.